The largest absolute Gasteiger partial charge is 0.454 e. The lowest BCUT2D eigenvalue weighted by molar-refractivity contribution is -0.124. The maximum atomic E-state index is 13.8. The van der Waals surface area contributed by atoms with Crippen molar-refractivity contribution < 1.29 is 23.9 Å². The van der Waals surface area contributed by atoms with E-state index >= 15 is 0 Å². The summed E-state index contributed by atoms with van der Waals surface area (Å²) in [5, 5.41) is 4.22. The summed E-state index contributed by atoms with van der Waals surface area (Å²) >= 11 is 5.78. The van der Waals surface area contributed by atoms with Gasteiger partial charge in [0.15, 0.2) is 22.4 Å². The molecule has 196 valence electrons. The molecule has 0 radical (unpaired) electrons. The Bertz CT molecular complexity index is 1630. The van der Waals surface area contributed by atoms with Gasteiger partial charge in [-0.3, -0.25) is 19.3 Å². The normalized spacial score (nSPS) is 16.3. The van der Waals surface area contributed by atoms with Crippen molar-refractivity contribution in [3.63, 3.8) is 0 Å². The van der Waals surface area contributed by atoms with Crippen molar-refractivity contribution in [3.8, 4) is 11.5 Å². The van der Waals surface area contributed by atoms with Gasteiger partial charge in [-0.15, -0.1) is 0 Å². The zero-order valence-electron chi connectivity index (χ0n) is 21.0. The minimum atomic E-state index is -0.829. The second-order valence-electron chi connectivity index (χ2n) is 9.42. The predicted molar refractivity (Wildman–Crippen MR) is 150 cm³/mol. The van der Waals surface area contributed by atoms with Crippen LogP contribution in [0.25, 0.3) is 10.9 Å². The number of Topliss-reactive ketones (excluding diaryl/α,β-unsaturated/α-hetero) is 1. The van der Waals surface area contributed by atoms with E-state index in [4.69, 9.17) is 21.7 Å². The summed E-state index contributed by atoms with van der Waals surface area (Å²) in [5.41, 5.74) is 3.44. The fourth-order valence-corrected chi connectivity index (χ4v) is 5.23. The number of ether oxygens (including phenoxy) is 2. The number of ketones is 1. The average molecular weight is 541 g/mol. The maximum absolute atomic E-state index is 13.8. The molecule has 6 rings (SSSR count). The number of anilines is 2. The predicted octanol–water partition coefficient (Wildman–Crippen LogP) is 4.63. The standard InChI is InChI=1S/C29H24N4O5S/c1-17(34)19-4-7-22(8-5-19)33-28(36)24(14-27(35)31-21-6-3-20-10-11-30-23(20)13-21)32(29(33)39)15-18-2-9-25-26(12-18)38-16-37-25/h2-13,24,30H,14-16H2,1H3,(H,31,35). The number of aromatic amines is 1. The number of fused-ring (bicyclic) bond motifs is 2. The number of aromatic nitrogens is 1. The number of carbonyl (C=O) groups excluding carboxylic acids is 3. The van der Waals surface area contributed by atoms with Gasteiger partial charge in [-0.25, -0.2) is 0 Å². The summed E-state index contributed by atoms with van der Waals surface area (Å²) in [6.45, 7) is 1.92. The number of benzene rings is 3. The van der Waals surface area contributed by atoms with Crippen LogP contribution in [0.15, 0.2) is 72.9 Å². The average Bonchev–Trinajstić information content (AvgIpc) is 3.64. The smallest absolute Gasteiger partial charge is 0.256 e. The van der Waals surface area contributed by atoms with E-state index in [1.54, 1.807) is 29.2 Å². The molecule has 4 aromatic rings. The van der Waals surface area contributed by atoms with Crippen LogP contribution in [0, 0.1) is 0 Å². The van der Waals surface area contributed by atoms with Gasteiger partial charge in [0.05, 0.1) is 12.1 Å². The second kappa shape index (κ2) is 9.88. The number of thiocarbonyl (C=S) groups is 1. The monoisotopic (exact) mass is 540 g/mol. The van der Waals surface area contributed by atoms with Crippen LogP contribution >= 0.6 is 12.2 Å². The number of amides is 2. The molecule has 1 atom stereocenters. The van der Waals surface area contributed by atoms with E-state index in [0.29, 0.717) is 28.4 Å². The van der Waals surface area contributed by atoms with Crippen LogP contribution in [-0.2, 0) is 16.1 Å². The Morgan fingerprint density at radius 2 is 1.82 bits per heavy atom. The Morgan fingerprint density at radius 3 is 2.62 bits per heavy atom. The van der Waals surface area contributed by atoms with Gasteiger partial charge in [-0.2, -0.15) is 0 Å². The van der Waals surface area contributed by atoms with Crippen LogP contribution in [-0.4, -0.2) is 45.4 Å². The van der Waals surface area contributed by atoms with Crippen LogP contribution in [0.4, 0.5) is 11.4 Å². The minimum absolute atomic E-state index is 0.0756. The molecule has 3 aromatic carbocycles. The highest BCUT2D eigenvalue weighted by Gasteiger charge is 2.44. The lowest BCUT2D eigenvalue weighted by atomic mass is 10.1. The van der Waals surface area contributed by atoms with E-state index in [1.165, 1.54) is 11.8 Å². The van der Waals surface area contributed by atoms with Crippen molar-refractivity contribution >= 4 is 57.2 Å². The first-order valence-corrected chi connectivity index (χ1v) is 12.8. The Morgan fingerprint density at radius 1 is 1.03 bits per heavy atom. The third-order valence-corrected chi connectivity index (χ3v) is 7.28. The Kier molecular flexibility index (Phi) is 6.24. The number of nitrogens with zero attached hydrogens (tertiary/aromatic N) is 2. The van der Waals surface area contributed by atoms with Crippen LogP contribution < -0.4 is 19.7 Å². The third kappa shape index (κ3) is 4.70. The molecule has 2 aliphatic heterocycles. The van der Waals surface area contributed by atoms with E-state index in [2.05, 4.69) is 10.3 Å². The summed E-state index contributed by atoms with van der Waals surface area (Å²) in [7, 11) is 0. The molecule has 0 spiro atoms. The molecular formula is C29H24N4O5S. The van der Waals surface area contributed by atoms with Gasteiger partial charge in [-0.05, 0) is 84.7 Å². The summed E-state index contributed by atoms with van der Waals surface area (Å²) in [5.74, 6) is 0.571. The minimum Gasteiger partial charge on any atom is -0.454 e. The Balaban J connectivity index is 1.27. The van der Waals surface area contributed by atoms with Gasteiger partial charge in [0.25, 0.3) is 5.91 Å². The molecule has 0 bridgehead atoms. The van der Waals surface area contributed by atoms with E-state index in [1.807, 2.05) is 48.7 Å². The van der Waals surface area contributed by atoms with Crippen LogP contribution in [0.5, 0.6) is 11.5 Å². The number of rotatable bonds is 7. The zero-order valence-corrected chi connectivity index (χ0v) is 21.8. The molecule has 9 nitrogen and oxygen atoms in total. The van der Waals surface area contributed by atoms with E-state index in [-0.39, 0.29) is 42.5 Å². The fourth-order valence-electron chi connectivity index (χ4n) is 4.85. The highest BCUT2D eigenvalue weighted by Crippen LogP contribution is 2.35. The number of hydrogen-bond donors (Lipinski definition) is 2. The molecular weight excluding hydrogens is 516 g/mol. The zero-order chi connectivity index (χ0) is 27.1. The SMILES string of the molecule is CC(=O)c1ccc(N2C(=O)C(CC(=O)Nc3ccc4cc[nH]c4c3)N(Cc3ccc4c(c3)OCO4)C2=S)cc1. The van der Waals surface area contributed by atoms with Crippen molar-refractivity contribution in [2.75, 3.05) is 17.0 Å². The molecule has 1 unspecified atom stereocenters. The maximum Gasteiger partial charge on any atom is 0.256 e. The molecule has 2 aliphatic rings. The van der Waals surface area contributed by atoms with Crippen molar-refractivity contribution in [3.05, 3.63) is 84.1 Å². The molecule has 1 aromatic heterocycles. The van der Waals surface area contributed by atoms with Gasteiger partial charge >= 0.3 is 0 Å². The van der Waals surface area contributed by atoms with Gasteiger partial charge < -0.3 is 24.7 Å². The van der Waals surface area contributed by atoms with Crippen molar-refractivity contribution in [1.29, 1.82) is 0 Å². The fraction of sp³-hybridized carbons (Fsp3) is 0.172. The number of carbonyl (C=O) groups is 3. The number of nitrogens with one attached hydrogen (secondary N) is 2. The second-order valence-corrected chi connectivity index (χ2v) is 9.79. The third-order valence-electron chi connectivity index (χ3n) is 6.86. The molecule has 1 fully saturated rings. The Hall–Kier alpha value is -4.70. The summed E-state index contributed by atoms with van der Waals surface area (Å²) in [6.07, 6.45) is 1.73. The van der Waals surface area contributed by atoms with E-state index < -0.39 is 6.04 Å². The molecule has 2 N–H and O–H groups in total. The molecule has 2 amide bonds. The van der Waals surface area contributed by atoms with Crippen LogP contribution in [0.1, 0.15) is 29.3 Å². The van der Waals surface area contributed by atoms with E-state index in [9.17, 15) is 14.4 Å². The number of hydrogen-bond acceptors (Lipinski definition) is 6. The molecule has 10 heteroatoms. The highest BCUT2D eigenvalue weighted by molar-refractivity contribution is 7.80. The molecule has 1 saturated heterocycles. The van der Waals surface area contributed by atoms with Crippen molar-refractivity contribution in [2.45, 2.75) is 25.9 Å². The summed E-state index contributed by atoms with van der Waals surface area (Å²) in [6, 6.07) is 18.9. The Labute approximate surface area is 229 Å². The van der Waals surface area contributed by atoms with Crippen LogP contribution in [0.2, 0.25) is 0 Å². The highest BCUT2D eigenvalue weighted by atomic mass is 32.1. The van der Waals surface area contributed by atoms with Crippen molar-refractivity contribution in [2.24, 2.45) is 0 Å². The molecule has 39 heavy (non-hydrogen) atoms. The van der Waals surface area contributed by atoms with Crippen molar-refractivity contribution in [1.82, 2.24) is 9.88 Å². The quantitative estimate of drug-likeness (QED) is 0.260. The molecule has 3 heterocycles. The lowest BCUT2D eigenvalue weighted by Gasteiger charge is -2.24. The van der Waals surface area contributed by atoms with E-state index in [0.717, 1.165) is 16.5 Å². The lowest BCUT2D eigenvalue weighted by Crippen LogP contribution is -2.37. The van der Waals surface area contributed by atoms with Gasteiger partial charge in [0, 0.05) is 29.5 Å². The molecule has 0 saturated carbocycles. The molecule has 0 aliphatic carbocycles. The summed E-state index contributed by atoms with van der Waals surface area (Å²) in [4.78, 5) is 45.0. The van der Waals surface area contributed by atoms with Gasteiger partial charge in [0.1, 0.15) is 6.04 Å². The van der Waals surface area contributed by atoms with Crippen LogP contribution in [0.3, 0.4) is 0 Å². The number of H-pyrrole nitrogens is 1. The first-order chi connectivity index (χ1) is 18.9. The summed E-state index contributed by atoms with van der Waals surface area (Å²) < 4.78 is 10.9. The van der Waals surface area contributed by atoms with Gasteiger partial charge in [-0.1, -0.05) is 12.1 Å². The first-order valence-electron chi connectivity index (χ1n) is 12.4. The first kappa shape index (κ1) is 24.6. The topological polar surface area (TPSA) is 104 Å². The van der Waals surface area contributed by atoms with Gasteiger partial charge in [0.2, 0.25) is 12.7 Å².